The second kappa shape index (κ2) is 8.68. The number of carbonyl (C=O) groups is 2. The molecule has 2 aromatic rings. The minimum absolute atomic E-state index is 0.192. The number of nitrogens with zero attached hydrogens (tertiary/aromatic N) is 1. The summed E-state index contributed by atoms with van der Waals surface area (Å²) in [5, 5.41) is 2.66. The number of Topliss-reactive ketones (excluding diaryl/α,β-unsaturated/α-hetero) is 1. The lowest BCUT2D eigenvalue weighted by Gasteiger charge is -2.22. The van der Waals surface area contributed by atoms with Crippen molar-refractivity contribution < 1.29 is 22.7 Å². The predicted molar refractivity (Wildman–Crippen MR) is 105 cm³/mol. The summed E-state index contributed by atoms with van der Waals surface area (Å²) in [6.45, 7) is 3.32. The zero-order valence-electron chi connectivity index (χ0n) is 15.4. The van der Waals surface area contributed by atoms with Crippen molar-refractivity contribution in [3.05, 3.63) is 54.1 Å². The summed E-state index contributed by atoms with van der Waals surface area (Å²) in [7, 11) is -3.73. The molecule has 0 bridgehead atoms. The van der Waals surface area contributed by atoms with Crippen LogP contribution in [0.3, 0.4) is 0 Å². The molecule has 7 nitrogen and oxygen atoms in total. The molecule has 0 atom stereocenters. The number of hydrogen-bond donors (Lipinski definition) is 1. The molecule has 0 aliphatic carbocycles. The van der Waals surface area contributed by atoms with Gasteiger partial charge in [-0.2, -0.15) is 0 Å². The third kappa shape index (κ3) is 5.82. The monoisotopic (exact) mass is 390 g/mol. The fourth-order valence-electron chi connectivity index (χ4n) is 2.44. The molecule has 0 saturated heterocycles. The first-order valence-corrected chi connectivity index (χ1v) is 10.2. The Morgan fingerprint density at radius 1 is 1.11 bits per heavy atom. The minimum Gasteiger partial charge on any atom is -0.494 e. The van der Waals surface area contributed by atoms with Crippen molar-refractivity contribution in [2.24, 2.45) is 0 Å². The van der Waals surface area contributed by atoms with Crippen LogP contribution >= 0.6 is 0 Å². The first-order valence-electron chi connectivity index (χ1n) is 8.32. The van der Waals surface area contributed by atoms with Crippen LogP contribution in [0.5, 0.6) is 5.75 Å². The Morgan fingerprint density at radius 3 is 2.44 bits per heavy atom. The molecule has 0 fully saturated rings. The number of nitrogens with one attached hydrogen (secondary N) is 1. The number of sulfonamides is 1. The number of carbonyl (C=O) groups excluding carboxylic acids is 2. The molecule has 0 radical (unpaired) electrons. The molecular weight excluding hydrogens is 368 g/mol. The lowest BCUT2D eigenvalue weighted by atomic mass is 10.1. The van der Waals surface area contributed by atoms with Gasteiger partial charge in [0, 0.05) is 17.3 Å². The van der Waals surface area contributed by atoms with E-state index in [9.17, 15) is 18.0 Å². The van der Waals surface area contributed by atoms with Crippen LogP contribution in [0, 0.1) is 0 Å². The lowest BCUT2D eigenvalue weighted by Crippen LogP contribution is -2.37. The molecule has 1 N–H and O–H groups in total. The zero-order chi connectivity index (χ0) is 20.0. The number of ketones is 1. The highest BCUT2D eigenvalue weighted by atomic mass is 32.2. The van der Waals surface area contributed by atoms with Gasteiger partial charge in [-0.05, 0) is 38.1 Å². The highest BCUT2D eigenvalue weighted by molar-refractivity contribution is 7.92. The fraction of sp³-hybridized carbons (Fsp3) is 0.263. The smallest absolute Gasteiger partial charge is 0.245 e. The summed E-state index contributed by atoms with van der Waals surface area (Å²) < 4.78 is 30.7. The molecule has 8 heteroatoms. The van der Waals surface area contributed by atoms with Gasteiger partial charge in [-0.1, -0.05) is 18.2 Å². The standard InChI is InChI=1S/C19H22N2O5S/c1-4-26-18-10-6-8-16(12-18)20-19(23)13-21(27(3,24)25)17-9-5-7-15(11-17)14(2)22/h5-12H,4,13H2,1-3H3,(H,20,23). The van der Waals surface area contributed by atoms with Crippen LogP contribution in [-0.2, 0) is 14.8 Å². The summed E-state index contributed by atoms with van der Waals surface area (Å²) in [6, 6.07) is 13.0. The third-order valence-electron chi connectivity index (χ3n) is 3.66. The van der Waals surface area contributed by atoms with E-state index in [0.29, 0.717) is 23.6 Å². The third-order valence-corrected chi connectivity index (χ3v) is 4.80. The molecule has 1 amide bonds. The van der Waals surface area contributed by atoms with Crippen molar-refractivity contribution in [1.29, 1.82) is 0 Å². The summed E-state index contributed by atoms with van der Waals surface area (Å²) in [5.74, 6) is -0.103. The van der Waals surface area contributed by atoms with Crippen LogP contribution in [0.4, 0.5) is 11.4 Å². The van der Waals surface area contributed by atoms with Crippen molar-refractivity contribution in [1.82, 2.24) is 0 Å². The van der Waals surface area contributed by atoms with Crippen molar-refractivity contribution >= 4 is 33.1 Å². The van der Waals surface area contributed by atoms with Crippen LogP contribution in [0.15, 0.2) is 48.5 Å². The van der Waals surface area contributed by atoms with E-state index in [1.165, 1.54) is 19.1 Å². The maximum absolute atomic E-state index is 12.4. The molecule has 0 heterocycles. The van der Waals surface area contributed by atoms with Crippen LogP contribution in [0.1, 0.15) is 24.2 Å². The Labute approximate surface area is 159 Å². The van der Waals surface area contributed by atoms with Crippen LogP contribution in [-0.4, -0.2) is 39.5 Å². The summed E-state index contributed by atoms with van der Waals surface area (Å²) in [6.07, 6.45) is 1.01. The van der Waals surface area contributed by atoms with Crippen LogP contribution in [0.25, 0.3) is 0 Å². The second-order valence-electron chi connectivity index (χ2n) is 5.89. The molecule has 2 aromatic carbocycles. The van der Waals surface area contributed by atoms with E-state index in [2.05, 4.69) is 5.32 Å². The van der Waals surface area contributed by atoms with Gasteiger partial charge in [0.1, 0.15) is 12.3 Å². The highest BCUT2D eigenvalue weighted by Crippen LogP contribution is 2.21. The van der Waals surface area contributed by atoms with Gasteiger partial charge in [0.15, 0.2) is 5.78 Å². The summed E-state index contributed by atoms with van der Waals surface area (Å²) in [4.78, 5) is 24.0. The molecule has 0 aliphatic heterocycles. The van der Waals surface area contributed by atoms with Crippen molar-refractivity contribution in [3.8, 4) is 5.75 Å². The Hall–Kier alpha value is -2.87. The Kier molecular flexibility index (Phi) is 6.57. The van der Waals surface area contributed by atoms with E-state index in [4.69, 9.17) is 4.74 Å². The Morgan fingerprint density at radius 2 is 1.81 bits per heavy atom. The molecular formula is C19H22N2O5S. The first kappa shape index (κ1) is 20.4. The van der Waals surface area contributed by atoms with Gasteiger partial charge >= 0.3 is 0 Å². The quantitative estimate of drug-likeness (QED) is 0.700. The van der Waals surface area contributed by atoms with E-state index < -0.39 is 22.5 Å². The van der Waals surface area contributed by atoms with E-state index in [1.807, 2.05) is 6.92 Å². The molecule has 27 heavy (non-hydrogen) atoms. The van der Waals surface area contributed by atoms with E-state index in [1.54, 1.807) is 36.4 Å². The van der Waals surface area contributed by atoms with Crippen LogP contribution < -0.4 is 14.4 Å². The van der Waals surface area contributed by atoms with E-state index in [0.717, 1.165) is 10.6 Å². The molecule has 2 rings (SSSR count). The van der Waals surface area contributed by atoms with Gasteiger partial charge in [-0.3, -0.25) is 13.9 Å². The van der Waals surface area contributed by atoms with Gasteiger partial charge < -0.3 is 10.1 Å². The van der Waals surface area contributed by atoms with Crippen molar-refractivity contribution in [2.45, 2.75) is 13.8 Å². The molecule has 0 saturated carbocycles. The largest absolute Gasteiger partial charge is 0.494 e. The zero-order valence-corrected chi connectivity index (χ0v) is 16.2. The van der Waals surface area contributed by atoms with Gasteiger partial charge in [0.2, 0.25) is 15.9 Å². The van der Waals surface area contributed by atoms with Gasteiger partial charge in [-0.15, -0.1) is 0 Å². The number of rotatable bonds is 8. The Balaban J connectivity index is 2.22. The minimum atomic E-state index is -3.73. The molecule has 0 aliphatic rings. The predicted octanol–water partition coefficient (Wildman–Crippen LogP) is 2.69. The average molecular weight is 390 g/mol. The van der Waals surface area contributed by atoms with E-state index >= 15 is 0 Å². The fourth-order valence-corrected chi connectivity index (χ4v) is 3.29. The SMILES string of the molecule is CCOc1cccc(NC(=O)CN(c2cccc(C(C)=O)c2)S(C)(=O)=O)c1. The average Bonchev–Trinajstić information content (AvgIpc) is 2.59. The molecule has 0 aromatic heterocycles. The van der Waals surface area contributed by atoms with E-state index in [-0.39, 0.29) is 11.5 Å². The van der Waals surface area contributed by atoms with Crippen molar-refractivity contribution in [3.63, 3.8) is 0 Å². The molecule has 144 valence electrons. The normalized spacial score (nSPS) is 10.9. The lowest BCUT2D eigenvalue weighted by molar-refractivity contribution is -0.114. The van der Waals surface area contributed by atoms with Gasteiger partial charge in [0.25, 0.3) is 0 Å². The second-order valence-corrected chi connectivity index (χ2v) is 7.79. The summed E-state index contributed by atoms with van der Waals surface area (Å²) in [5.41, 5.74) is 1.12. The molecule has 0 spiro atoms. The number of amides is 1. The number of benzene rings is 2. The maximum atomic E-state index is 12.4. The number of ether oxygens (including phenoxy) is 1. The topological polar surface area (TPSA) is 92.8 Å². The molecule has 0 unspecified atom stereocenters. The number of hydrogen-bond acceptors (Lipinski definition) is 5. The van der Waals surface area contributed by atoms with Crippen molar-refractivity contribution in [2.75, 3.05) is 29.0 Å². The van der Waals surface area contributed by atoms with Gasteiger partial charge in [-0.25, -0.2) is 8.42 Å². The highest BCUT2D eigenvalue weighted by Gasteiger charge is 2.21. The first-order chi connectivity index (χ1) is 12.7. The number of anilines is 2. The Bertz CT molecular complexity index is 941. The maximum Gasteiger partial charge on any atom is 0.245 e. The van der Waals surface area contributed by atoms with Gasteiger partial charge in [0.05, 0.1) is 18.6 Å². The van der Waals surface area contributed by atoms with Crippen LogP contribution in [0.2, 0.25) is 0 Å². The summed E-state index contributed by atoms with van der Waals surface area (Å²) >= 11 is 0.